The summed E-state index contributed by atoms with van der Waals surface area (Å²) in [7, 11) is -2.19. The third-order valence-electron chi connectivity index (χ3n) is 5.02. The summed E-state index contributed by atoms with van der Waals surface area (Å²) in [6.07, 6.45) is 1.81. The fourth-order valence-corrected chi connectivity index (χ4v) is 4.24. The first-order chi connectivity index (χ1) is 15.6. The monoisotopic (exact) mass is 539 g/mol. The smallest absolute Gasteiger partial charge is 0.244 e. The molecular weight excluding hydrogens is 510 g/mol. The number of sulfonamides is 1. The first-order valence-corrected chi connectivity index (χ1v) is 13.1. The summed E-state index contributed by atoms with van der Waals surface area (Å²) in [5.74, 6) is -0.115. The second-order valence-corrected chi connectivity index (χ2v) is 10.4. The van der Waals surface area contributed by atoms with E-state index in [4.69, 9.17) is 4.74 Å². The second-order valence-electron chi connectivity index (χ2n) is 7.58. The Morgan fingerprint density at radius 1 is 1.09 bits per heavy atom. The van der Waals surface area contributed by atoms with Gasteiger partial charge in [0.25, 0.3) is 0 Å². The Morgan fingerprint density at radius 3 is 2.21 bits per heavy atom. The average Bonchev–Trinajstić information content (AvgIpc) is 2.79. The van der Waals surface area contributed by atoms with Gasteiger partial charge in [-0.15, -0.1) is 0 Å². The van der Waals surface area contributed by atoms with Crippen LogP contribution in [0.2, 0.25) is 0 Å². The lowest BCUT2D eigenvalue weighted by Gasteiger charge is -2.31. The van der Waals surface area contributed by atoms with Gasteiger partial charge in [-0.25, -0.2) is 8.42 Å². The number of nitrogens with one attached hydrogen (secondary N) is 1. The summed E-state index contributed by atoms with van der Waals surface area (Å²) in [6, 6.07) is 13.0. The van der Waals surface area contributed by atoms with E-state index < -0.39 is 28.5 Å². The number of benzene rings is 2. The molecule has 0 heterocycles. The van der Waals surface area contributed by atoms with Crippen molar-refractivity contribution >= 4 is 43.5 Å². The molecule has 1 atom stereocenters. The van der Waals surface area contributed by atoms with Gasteiger partial charge in [0.2, 0.25) is 21.8 Å². The van der Waals surface area contributed by atoms with Crippen LogP contribution in [0.4, 0.5) is 5.69 Å². The normalized spacial score (nSPS) is 12.0. The Morgan fingerprint density at radius 2 is 1.70 bits per heavy atom. The van der Waals surface area contributed by atoms with Gasteiger partial charge in [0.1, 0.15) is 18.3 Å². The molecular formula is C23H30BrN3O5S. The minimum Gasteiger partial charge on any atom is -0.497 e. The molecule has 2 aromatic rings. The summed E-state index contributed by atoms with van der Waals surface area (Å²) in [4.78, 5) is 27.5. The molecule has 8 nitrogen and oxygen atoms in total. The number of hydrogen-bond acceptors (Lipinski definition) is 5. The van der Waals surface area contributed by atoms with Crippen LogP contribution in [0.15, 0.2) is 53.0 Å². The van der Waals surface area contributed by atoms with E-state index in [0.717, 1.165) is 27.0 Å². The molecule has 0 aliphatic heterocycles. The van der Waals surface area contributed by atoms with Crippen molar-refractivity contribution in [3.8, 4) is 5.75 Å². The van der Waals surface area contributed by atoms with Crippen LogP contribution in [0.5, 0.6) is 5.75 Å². The average molecular weight is 540 g/mol. The quantitative estimate of drug-likeness (QED) is 0.473. The summed E-state index contributed by atoms with van der Waals surface area (Å²) >= 11 is 3.33. The minimum atomic E-state index is -3.75. The Bertz CT molecular complexity index is 1040. The topological polar surface area (TPSA) is 96.0 Å². The molecule has 0 aliphatic carbocycles. The van der Waals surface area contributed by atoms with Crippen molar-refractivity contribution in [1.82, 2.24) is 10.2 Å². The van der Waals surface area contributed by atoms with Crippen molar-refractivity contribution in [2.24, 2.45) is 0 Å². The van der Waals surface area contributed by atoms with Crippen LogP contribution in [0.25, 0.3) is 0 Å². The molecule has 0 spiro atoms. The van der Waals surface area contributed by atoms with Gasteiger partial charge < -0.3 is 15.0 Å². The number of nitrogens with zero attached hydrogens (tertiary/aromatic N) is 2. The summed E-state index contributed by atoms with van der Waals surface area (Å²) in [5.41, 5.74) is 1.15. The van der Waals surface area contributed by atoms with Crippen LogP contribution in [-0.4, -0.2) is 57.6 Å². The van der Waals surface area contributed by atoms with E-state index >= 15 is 0 Å². The lowest BCUT2D eigenvalue weighted by atomic mass is 10.1. The highest BCUT2D eigenvalue weighted by Crippen LogP contribution is 2.22. The number of hydrogen-bond donors (Lipinski definition) is 1. The van der Waals surface area contributed by atoms with Crippen LogP contribution in [0, 0.1) is 0 Å². The standard InChI is InChI=1S/C23H30BrN3O5S/c1-5-14-25-23(29)17(2)26(15-18-6-12-21(32-3)13-7-18)22(28)16-27(33(4,30)31)20-10-8-19(24)9-11-20/h6-13,17H,5,14-16H2,1-4H3,(H,25,29)/t17-/m1/s1. The molecule has 0 saturated heterocycles. The fraction of sp³-hybridized carbons (Fsp3) is 0.391. The second kappa shape index (κ2) is 12.0. The van der Waals surface area contributed by atoms with Crippen LogP contribution < -0.4 is 14.4 Å². The molecule has 2 amide bonds. The van der Waals surface area contributed by atoms with Gasteiger partial charge in [0, 0.05) is 17.6 Å². The molecule has 10 heteroatoms. The zero-order valence-corrected chi connectivity index (χ0v) is 21.6. The van der Waals surface area contributed by atoms with Crippen molar-refractivity contribution in [3.63, 3.8) is 0 Å². The van der Waals surface area contributed by atoms with Crippen LogP contribution >= 0.6 is 15.9 Å². The molecule has 0 aromatic heterocycles. The Hall–Kier alpha value is -2.59. The van der Waals surface area contributed by atoms with E-state index in [2.05, 4.69) is 21.2 Å². The summed E-state index contributed by atoms with van der Waals surface area (Å²) < 4.78 is 32.0. The Kier molecular flexibility index (Phi) is 9.72. The zero-order valence-electron chi connectivity index (χ0n) is 19.2. The number of anilines is 1. The summed E-state index contributed by atoms with van der Waals surface area (Å²) in [5, 5.41) is 2.80. The summed E-state index contributed by atoms with van der Waals surface area (Å²) in [6.45, 7) is 3.77. The minimum absolute atomic E-state index is 0.140. The van der Waals surface area contributed by atoms with E-state index in [1.165, 1.54) is 4.90 Å². The van der Waals surface area contributed by atoms with Gasteiger partial charge in [-0.1, -0.05) is 35.0 Å². The predicted octanol–water partition coefficient (Wildman–Crippen LogP) is 3.17. The maximum Gasteiger partial charge on any atom is 0.244 e. The highest BCUT2D eigenvalue weighted by Gasteiger charge is 2.30. The number of amides is 2. The molecule has 2 aromatic carbocycles. The third kappa shape index (κ3) is 7.75. The van der Waals surface area contributed by atoms with Gasteiger partial charge >= 0.3 is 0 Å². The van der Waals surface area contributed by atoms with Crippen molar-refractivity contribution in [2.75, 3.05) is 30.8 Å². The van der Waals surface area contributed by atoms with E-state index in [-0.39, 0.29) is 12.5 Å². The predicted molar refractivity (Wildman–Crippen MR) is 133 cm³/mol. The van der Waals surface area contributed by atoms with E-state index in [9.17, 15) is 18.0 Å². The van der Waals surface area contributed by atoms with E-state index in [1.54, 1.807) is 62.6 Å². The van der Waals surface area contributed by atoms with Crippen LogP contribution in [0.3, 0.4) is 0 Å². The number of carbonyl (C=O) groups excluding carboxylic acids is 2. The van der Waals surface area contributed by atoms with E-state index in [0.29, 0.717) is 18.0 Å². The largest absolute Gasteiger partial charge is 0.497 e. The lowest BCUT2D eigenvalue weighted by molar-refractivity contribution is -0.139. The van der Waals surface area contributed by atoms with Crippen LogP contribution in [-0.2, 0) is 26.2 Å². The number of halogens is 1. The molecule has 0 aliphatic rings. The molecule has 0 radical (unpaired) electrons. The zero-order chi connectivity index (χ0) is 24.6. The van der Waals surface area contributed by atoms with Gasteiger partial charge in [-0.05, 0) is 55.3 Å². The molecule has 0 saturated carbocycles. The number of ether oxygens (including phenoxy) is 1. The Balaban J connectivity index is 2.34. The third-order valence-corrected chi connectivity index (χ3v) is 6.69. The van der Waals surface area contributed by atoms with Gasteiger partial charge in [0.05, 0.1) is 19.1 Å². The maximum absolute atomic E-state index is 13.4. The van der Waals surface area contributed by atoms with Gasteiger partial charge in [0.15, 0.2) is 0 Å². The Labute approximate surface area is 204 Å². The molecule has 180 valence electrons. The van der Waals surface area contributed by atoms with Crippen molar-refractivity contribution in [2.45, 2.75) is 32.9 Å². The molecule has 1 N–H and O–H groups in total. The van der Waals surface area contributed by atoms with Crippen molar-refractivity contribution in [1.29, 1.82) is 0 Å². The van der Waals surface area contributed by atoms with Crippen molar-refractivity contribution < 1.29 is 22.7 Å². The number of methoxy groups -OCH3 is 1. The highest BCUT2D eigenvalue weighted by molar-refractivity contribution is 9.10. The van der Waals surface area contributed by atoms with E-state index in [1.807, 2.05) is 6.92 Å². The molecule has 0 bridgehead atoms. The SMILES string of the molecule is CCCNC(=O)[C@@H](C)N(Cc1ccc(OC)cc1)C(=O)CN(c1ccc(Br)cc1)S(C)(=O)=O. The first kappa shape index (κ1) is 26.7. The lowest BCUT2D eigenvalue weighted by Crippen LogP contribution is -2.51. The molecule has 0 unspecified atom stereocenters. The first-order valence-electron chi connectivity index (χ1n) is 10.5. The molecule has 0 fully saturated rings. The fourth-order valence-electron chi connectivity index (χ4n) is 3.13. The number of rotatable bonds is 11. The maximum atomic E-state index is 13.4. The van der Waals surface area contributed by atoms with Gasteiger partial charge in [-0.3, -0.25) is 13.9 Å². The molecule has 2 rings (SSSR count). The van der Waals surface area contributed by atoms with Crippen molar-refractivity contribution in [3.05, 3.63) is 58.6 Å². The molecule has 33 heavy (non-hydrogen) atoms. The number of carbonyl (C=O) groups is 2. The highest BCUT2D eigenvalue weighted by atomic mass is 79.9. The van der Waals surface area contributed by atoms with Gasteiger partial charge in [-0.2, -0.15) is 0 Å². The van der Waals surface area contributed by atoms with Crippen LogP contribution in [0.1, 0.15) is 25.8 Å².